The van der Waals surface area contributed by atoms with Gasteiger partial charge in [-0.15, -0.1) is 0 Å². The third-order valence-corrected chi connectivity index (χ3v) is 11.5. The zero-order chi connectivity index (χ0) is 36.0. The summed E-state index contributed by atoms with van der Waals surface area (Å²) in [6, 6.07) is 67.9. The van der Waals surface area contributed by atoms with Crippen molar-refractivity contribution in [1.82, 2.24) is 14.5 Å². The third-order valence-electron chi connectivity index (χ3n) is 11.5. The minimum atomic E-state index is 0.647. The van der Waals surface area contributed by atoms with Crippen LogP contribution in [-0.2, 0) is 0 Å². The lowest BCUT2D eigenvalue weighted by Gasteiger charge is -2.14. The topological polar surface area (TPSA) is 30.7 Å². The Morgan fingerprint density at radius 3 is 0.891 bits per heavy atom. The van der Waals surface area contributed by atoms with Crippen LogP contribution in [0.4, 0.5) is 0 Å². The molecule has 10 aromatic carbocycles. The van der Waals surface area contributed by atoms with Crippen LogP contribution < -0.4 is 0 Å². The van der Waals surface area contributed by atoms with Crippen molar-refractivity contribution in [3.05, 3.63) is 188 Å². The molecular weight excluding hydrogens is 667 g/mol. The van der Waals surface area contributed by atoms with E-state index in [-0.39, 0.29) is 0 Å². The number of nitrogens with zero attached hydrogens (tertiary/aromatic N) is 3. The maximum Gasteiger partial charge on any atom is 0.235 e. The van der Waals surface area contributed by atoms with Crippen LogP contribution in [0.15, 0.2) is 188 Å². The minimum Gasteiger partial charge on any atom is -0.278 e. The average Bonchev–Trinajstić information content (AvgIpc) is 3.58. The molecule has 2 heterocycles. The predicted molar refractivity (Wildman–Crippen MR) is 232 cm³/mol. The van der Waals surface area contributed by atoms with Crippen molar-refractivity contribution < 1.29 is 0 Å². The fourth-order valence-corrected chi connectivity index (χ4v) is 9.07. The average molecular weight is 698 g/mol. The van der Waals surface area contributed by atoms with Gasteiger partial charge in [-0.1, -0.05) is 158 Å². The Kier molecular flexibility index (Phi) is 6.34. The highest BCUT2D eigenvalue weighted by Gasteiger charge is 2.21. The first kappa shape index (κ1) is 30.1. The summed E-state index contributed by atoms with van der Waals surface area (Å²) < 4.78 is 2.32. The van der Waals surface area contributed by atoms with Gasteiger partial charge in [0.15, 0.2) is 0 Å². The first-order valence-electron chi connectivity index (χ1n) is 18.8. The predicted octanol–water partition coefficient (Wildman–Crippen LogP) is 13.8. The van der Waals surface area contributed by atoms with E-state index in [2.05, 4.69) is 193 Å². The maximum atomic E-state index is 5.41. The lowest BCUT2D eigenvalue weighted by Crippen LogP contribution is -2.04. The van der Waals surface area contributed by atoms with Crippen LogP contribution >= 0.6 is 0 Å². The summed E-state index contributed by atoms with van der Waals surface area (Å²) in [4.78, 5) is 10.8. The summed E-state index contributed by atoms with van der Waals surface area (Å²) in [6.45, 7) is 0. The van der Waals surface area contributed by atoms with Crippen LogP contribution in [0.5, 0.6) is 0 Å². The van der Waals surface area contributed by atoms with E-state index in [4.69, 9.17) is 9.97 Å². The summed E-state index contributed by atoms with van der Waals surface area (Å²) in [5.74, 6) is 0.647. The Balaban J connectivity index is 1.30. The summed E-state index contributed by atoms with van der Waals surface area (Å²) in [5, 5.41) is 17.3. The van der Waals surface area contributed by atoms with Crippen LogP contribution in [0, 0.1) is 0 Å². The second-order valence-corrected chi connectivity index (χ2v) is 14.5. The number of hydrogen-bond acceptors (Lipinski definition) is 2. The smallest absolute Gasteiger partial charge is 0.235 e. The SMILES string of the molecule is c1ccc(-c2cc(-c3ccccc3)nc(-n3c4cc5c6ccccc6c6ccccc6c5cc4c4cc5c6ccccc6c6ccccc6c5cc43)n2)cc1. The fraction of sp³-hybridized carbons (Fsp3) is 0. The van der Waals surface area contributed by atoms with E-state index < -0.39 is 0 Å². The molecule has 12 aromatic rings. The second kappa shape index (κ2) is 11.6. The molecule has 3 heteroatoms. The van der Waals surface area contributed by atoms with Crippen molar-refractivity contribution in [3.8, 4) is 28.5 Å². The molecule has 254 valence electrons. The molecule has 3 nitrogen and oxygen atoms in total. The van der Waals surface area contributed by atoms with Gasteiger partial charge in [0.05, 0.1) is 22.4 Å². The molecule has 2 aromatic heterocycles. The second-order valence-electron chi connectivity index (χ2n) is 14.5. The van der Waals surface area contributed by atoms with Gasteiger partial charge >= 0.3 is 0 Å². The van der Waals surface area contributed by atoms with Crippen molar-refractivity contribution in [2.45, 2.75) is 0 Å². The Hall–Kier alpha value is -7.36. The molecule has 0 saturated carbocycles. The Morgan fingerprint density at radius 1 is 0.255 bits per heavy atom. The van der Waals surface area contributed by atoms with E-state index in [0.29, 0.717) is 5.95 Å². The van der Waals surface area contributed by atoms with Gasteiger partial charge in [-0.2, -0.15) is 0 Å². The van der Waals surface area contributed by atoms with Crippen LogP contribution in [0.2, 0.25) is 0 Å². The lowest BCUT2D eigenvalue weighted by molar-refractivity contribution is 0.997. The van der Waals surface area contributed by atoms with Crippen molar-refractivity contribution in [3.63, 3.8) is 0 Å². The van der Waals surface area contributed by atoms with Gasteiger partial charge in [0, 0.05) is 21.9 Å². The molecule has 0 spiro atoms. The van der Waals surface area contributed by atoms with Crippen LogP contribution in [0.25, 0.3) is 115 Å². The number of fused-ring (bicyclic) bond motifs is 15. The molecule has 0 bridgehead atoms. The highest BCUT2D eigenvalue weighted by Crippen LogP contribution is 2.44. The van der Waals surface area contributed by atoms with E-state index in [1.54, 1.807) is 0 Å². The Bertz CT molecular complexity index is 3300. The number of hydrogen-bond donors (Lipinski definition) is 0. The lowest BCUT2D eigenvalue weighted by atomic mass is 9.92. The van der Waals surface area contributed by atoms with Gasteiger partial charge in [0.2, 0.25) is 5.95 Å². The zero-order valence-corrected chi connectivity index (χ0v) is 29.7. The van der Waals surface area contributed by atoms with Gasteiger partial charge in [-0.25, -0.2) is 9.97 Å². The van der Waals surface area contributed by atoms with Crippen molar-refractivity contribution >= 4 is 86.4 Å². The molecule has 0 aliphatic heterocycles. The standard InChI is InChI=1S/C52H31N3/c1-3-15-32(16-4-1)48-31-49(33-17-5-2-6-18-33)54-52(53-48)55-50-29-44-40-25-13-9-21-36(40)34-19-7-11-23-38(34)42(44)27-46(50)47-28-43-39-24-12-8-20-35(39)37-22-10-14-26-41(37)45(43)30-51(47)55/h1-31H. The summed E-state index contributed by atoms with van der Waals surface area (Å²) in [5.41, 5.74) is 6.03. The highest BCUT2D eigenvalue weighted by atomic mass is 15.2. The number of rotatable bonds is 3. The van der Waals surface area contributed by atoms with Gasteiger partial charge in [-0.05, 0) is 95.0 Å². The molecule has 0 aliphatic carbocycles. The van der Waals surface area contributed by atoms with E-state index in [1.165, 1.54) is 75.4 Å². The summed E-state index contributed by atoms with van der Waals surface area (Å²) >= 11 is 0. The first-order valence-corrected chi connectivity index (χ1v) is 18.8. The van der Waals surface area contributed by atoms with Crippen molar-refractivity contribution in [1.29, 1.82) is 0 Å². The molecule has 0 N–H and O–H groups in total. The summed E-state index contributed by atoms with van der Waals surface area (Å²) in [7, 11) is 0. The van der Waals surface area contributed by atoms with Crippen molar-refractivity contribution in [2.75, 3.05) is 0 Å². The van der Waals surface area contributed by atoms with Gasteiger partial charge in [-0.3, -0.25) is 4.57 Å². The van der Waals surface area contributed by atoms with Crippen LogP contribution in [0.1, 0.15) is 0 Å². The van der Waals surface area contributed by atoms with E-state index in [1.807, 2.05) is 0 Å². The molecule has 0 aliphatic rings. The largest absolute Gasteiger partial charge is 0.278 e. The quantitative estimate of drug-likeness (QED) is 0.172. The normalized spacial score (nSPS) is 12.0. The van der Waals surface area contributed by atoms with Crippen molar-refractivity contribution in [2.24, 2.45) is 0 Å². The van der Waals surface area contributed by atoms with E-state index >= 15 is 0 Å². The molecule has 55 heavy (non-hydrogen) atoms. The van der Waals surface area contributed by atoms with Gasteiger partial charge in [0.25, 0.3) is 0 Å². The Morgan fingerprint density at radius 2 is 0.545 bits per heavy atom. The molecule has 0 amide bonds. The monoisotopic (exact) mass is 697 g/mol. The number of benzene rings is 10. The van der Waals surface area contributed by atoms with Gasteiger partial charge in [0.1, 0.15) is 0 Å². The maximum absolute atomic E-state index is 5.41. The molecule has 0 saturated heterocycles. The van der Waals surface area contributed by atoms with Crippen LogP contribution in [0.3, 0.4) is 0 Å². The molecule has 12 rings (SSSR count). The summed E-state index contributed by atoms with van der Waals surface area (Å²) in [6.07, 6.45) is 0. The van der Waals surface area contributed by atoms with Gasteiger partial charge < -0.3 is 0 Å². The highest BCUT2D eigenvalue weighted by molar-refractivity contribution is 6.31. The zero-order valence-electron chi connectivity index (χ0n) is 29.7. The molecule has 0 unspecified atom stereocenters. The Labute approximate surface area is 316 Å². The fourth-order valence-electron chi connectivity index (χ4n) is 9.07. The molecule has 0 radical (unpaired) electrons. The van der Waals surface area contributed by atoms with Crippen LogP contribution in [-0.4, -0.2) is 14.5 Å². The molecule has 0 atom stereocenters. The minimum absolute atomic E-state index is 0.647. The third kappa shape index (κ3) is 4.44. The molecule has 0 fully saturated rings. The molecular formula is C52H31N3. The number of aromatic nitrogens is 3. The van der Waals surface area contributed by atoms with E-state index in [9.17, 15) is 0 Å². The first-order chi connectivity index (χ1) is 27.3. The van der Waals surface area contributed by atoms with E-state index in [0.717, 1.165) is 33.5 Å².